The molecular weight excluding hydrogens is 252 g/mol. The number of hydrogen-bond donors (Lipinski definition) is 0. The third-order valence-corrected chi connectivity index (χ3v) is 1.48. The van der Waals surface area contributed by atoms with Gasteiger partial charge in [0.25, 0.3) is 0 Å². The van der Waals surface area contributed by atoms with Crippen LogP contribution in [0.4, 0.5) is 0 Å². The molecular formula is C3N12O3. The monoisotopic (exact) mass is 252 g/mol. The second kappa shape index (κ2) is 4.91. The van der Waals surface area contributed by atoms with Crippen LogP contribution < -0.4 is 17.1 Å². The standard InChI is InChI=1S/C3N12O3/c4-7-10-13-1(16)14(11-8-5)3(18)15(2(13)17)12-9-6. The molecule has 1 aromatic heterocycles. The van der Waals surface area contributed by atoms with Gasteiger partial charge >= 0.3 is 17.1 Å². The molecule has 15 heteroatoms. The van der Waals surface area contributed by atoms with Crippen LogP contribution in [0.15, 0.2) is 30.1 Å². The molecule has 0 aliphatic heterocycles. The van der Waals surface area contributed by atoms with Crippen molar-refractivity contribution >= 4 is 0 Å². The Bertz CT molecular complexity index is 661. The van der Waals surface area contributed by atoms with E-state index in [9.17, 15) is 14.4 Å². The summed E-state index contributed by atoms with van der Waals surface area (Å²) in [5.74, 6) is 0. The van der Waals surface area contributed by atoms with Crippen LogP contribution in [-0.2, 0) is 0 Å². The third kappa shape index (κ3) is 1.84. The van der Waals surface area contributed by atoms with Crippen LogP contribution >= 0.6 is 0 Å². The molecule has 0 N–H and O–H groups in total. The Hall–Kier alpha value is -3.66. The van der Waals surface area contributed by atoms with Crippen molar-refractivity contribution in [3.8, 4) is 0 Å². The van der Waals surface area contributed by atoms with Crippen LogP contribution in [0, 0.1) is 0 Å². The average molecular weight is 252 g/mol. The Morgan fingerprint density at radius 2 is 0.889 bits per heavy atom. The third-order valence-electron chi connectivity index (χ3n) is 1.48. The topological polar surface area (TPSA) is 212 Å². The van der Waals surface area contributed by atoms with Gasteiger partial charge in [0.15, 0.2) is 0 Å². The zero-order valence-corrected chi connectivity index (χ0v) is 8.09. The van der Waals surface area contributed by atoms with E-state index in [-0.39, 0.29) is 14.0 Å². The molecule has 1 aromatic rings. The molecule has 18 heavy (non-hydrogen) atoms. The lowest BCUT2D eigenvalue weighted by molar-refractivity contribution is 0.522. The molecule has 0 fully saturated rings. The summed E-state index contributed by atoms with van der Waals surface area (Å²) in [6.45, 7) is 0. The van der Waals surface area contributed by atoms with Crippen LogP contribution in [0.1, 0.15) is 0 Å². The average Bonchev–Trinajstić information content (AvgIpc) is 2.35. The van der Waals surface area contributed by atoms with Crippen LogP contribution in [0.3, 0.4) is 0 Å². The maximum absolute atomic E-state index is 11.4. The van der Waals surface area contributed by atoms with E-state index in [1.54, 1.807) is 0 Å². The van der Waals surface area contributed by atoms with E-state index in [2.05, 4.69) is 30.4 Å². The minimum atomic E-state index is -1.51. The molecule has 1 heterocycles. The molecule has 1 rings (SSSR count). The highest BCUT2D eigenvalue weighted by atomic mass is 16.2. The second-order valence-corrected chi connectivity index (χ2v) is 2.32. The first-order chi connectivity index (χ1) is 8.58. The van der Waals surface area contributed by atoms with Gasteiger partial charge in [-0.3, -0.25) is 0 Å². The molecule has 0 aliphatic carbocycles. The molecule has 0 bridgehead atoms. The zero-order chi connectivity index (χ0) is 13.7. The van der Waals surface area contributed by atoms with Crippen LogP contribution in [0.2, 0.25) is 0 Å². The largest absolute Gasteiger partial charge is 0.533 e. The van der Waals surface area contributed by atoms with Gasteiger partial charge in [-0.15, -0.1) is 16.6 Å². The lowest BCUT2D eigenvalue weighted by atomic mass is 10.9. The van der Waals surface area contributed by atoms with E-state index in [1.165, 1.54) is 0 Å². The van der Waals surface area contributed by atoms with Gasteiger partial charge < -0.3 is 0 Å². The minimum Gasteiger partial charge on any atom is -0.194 e. The Morgan fingerprint density at radius 3 is 1.06 bits per heavy atom. The summed E-state index contributed by atoms with van der Waals surface area (Å²) in [5, 5.41) is 7.97. The summed E-state index contributed by atoms with van der Waals surface area (Å²) in [4.78, 5) is 40.6. The fourth-order valence-corrected chi connectivity index (χ4v) is 0.864. The van der Waals surface area contributed by atoms with Gasteiger partial charge in [-0.2, -0.15) is 29.1 Å². The van der Waals surface area contributed by atoms with Crippen molar-refractivity contribution in [3.05, 3.63) is 62.8 Å². The molecule has 0 saturated carbocycles. The second-order valence-electron chi connectivity index (χ2n) is 2.32. The van der Waals surface area contributed by atoms with Crippen molar-refractivity contribution in [3.63, 3.8) is 0 Å². The van der Waals surface area contributed by atoms with E-state index >= 15 is 0 Å². The summed E-state index contributed by atoms with van der Waals surface area (Å²) in [7, 11) is 0. The highest BCUT2D eigenvalue weighted by Gasteiger charge is 2.25. The van der Waals surface area contributed by atoms with Crippen molar-refractivity contribution in [1.29, 1.82) is 0 Å². The lowest BCUT2D eigenvalue weighted by Gasteiger charge is -1.91. The predicted octanol–water partition coefficient (Wildman–Crippen LogP) is -0.608. The zero-order valence-electron chi connectivity index (χ0n) is 8.09. The minimum absolute atomic E-state index is 0.162. The van der Waals surface area contributed by atoms with Gasteiger partial charge in [0.1, 0.15) is 0 Å². The lowest BCUT2D eigenvalue weighted by Crippen LogP contribution is -2.50. The number of hydrogen-bond acceptors (Lipinski definition) is 6. The Labute approximate surface area is 93.5 Å². The molecule has 0 spiro atoms. The molecule has 0 atom stereocenters. The smallest absolute Gasteiger partial charge is 0.194 e. The fraction of sp³-hybridized carbons (Fsp3) is 0. The molecule has 0 radical (unpaired) electrons. The summed E-state index contributed by atoms with van der Waals surface area (Å²) in [6, 6.07) is 0. The molecule has 0 saturated heterocycles. The van der Waals surface area contributed by atoms with Gasteiger partial charge in [0.05, 0.1) is 0 Å². The summed E-state index contributed by atoms with van der Waals surface area (Å²) in [5.41, 5.74) is 19.9. The molecule has 90 valence electrons. The van der Waals surface area contributed by atoms with Crippen LogP contribution in [-0.4, -0.2) is 14.0 Å². The van der Waals surface area contributed by atoms with Crippen LogP contribution in [0.5, 0.6) is 0 Å². The summed E-state index contributed by atoms with van der Waals surface area (Å²) in [6.07, 6.45) is 0. The molecule has 0 amide bonds. The Kier molecular flexibility index (Phi) is 3.39. The highest BCUT2D eigenvalue weighted by Crippen LogP contribution is 1.76. The van der Waals surface area contributed by atoms with Crippen molar-refractivity contribution in [2.75, 3.05) is 0 Å². The quantitative estimate of drug-likeness (QED) is 0.391. The van der Waals surface area contributed by atoms with E-state index in [0.717, 1.165) is 0 Å². The normalized spacial score (nSPS) is 8.67. The van der Waals surface area contributed by atoms with Crippen molar-refractivity contribution in [2.45, 2.75) is 0 Å². The first-order valence-corrected chi connectivity index (χ1v) is 3.75. The number of nitrogens with zero attached hydrogens (tertiary/aromatic N) is 12. The van der Waals surface area contributed by atoms with Crippen LogP contribution in [0.25, 0.3) is 31.3 Å². The number of rotatable bonds is 3. The van der Waals surface area contributed by atoms with Gasteiger partial charge in [0.2, 0.25) is 0 Å². The van der Waals surface area contributed by atoms with E-state index in [0.29, 0.717) is 0 Å². The maximum atomic E-state index is 11.4. The van der Waals surface area contributed by atoms with Gasteiger partial charge in [0, 0.05) is 15.7 Å². The number of azide groups is 3. The van der Waals surface area contributed by atoms with Gasteiger partial charge in [-0.25, -0.2) is 0 Å². The van der Waals surface area contributed by atoms with Crippen molar-refractivity contribution < 1.29 is 0 Å². The fourth-order valence-electron chi connectivity index (χ4n) is 0.864. The summed E-state index contributed by atoms with van der Waals surface area (Å²) >= 11 is 0. The predicted molar refractivity (Wildman–Crippen MR) is 52.9 cm³/mol. The van der Waals surface area contributed by atoms with Crippen molar-refractivity contribution in [2.24, 2.45) is 15.7 Å². The summed E-state index contributed by atoms with van der Waals surface area (Å²) < 4.78 is -0.486. The number of aromatic nitrogens is 3. The van der Waals surface area contributed by atoms with Crippen molar-refractivity contribution in [1.82, 2.24) is 14.0 Å². The highest BCUT2D eigenvalue weighted by molar-refractivity contribution is 4.77. The first-order valence-electron chi connectivity index (χ1n) is 3.75. The molecule has 15 nitrogen and oxygen atoms in total. The SMILES string of the molecule is [N-]=[N+]=Nn1c(=O)n(N=[N+]=[N-])c(=O)n(N=[N+]=[N-])c1=O. The van der Waals surface area contributed by atoms with Gasteiger partial charge in [-0.1, -0.05) is 0 Å². The first kappa shape index (κ1) is 12.4. The Morgan fingerprint density at radius 1 is 0.667 bits per heavy atom. The van der Waals surface area contributed by atoms with E-state index in [1.807, 2.05) is 0 Å². The molecule has 0 unspecified atom stereocenters. The van der Waals surface area contributed by atoms with E-state index in [4.69, 9.17) is 16.6 Å². The molecule has 0 aromatic carbocycles. The van der Waals surface area contributed by atoms with E-state index < -0.39 is 17.1 Å². The molecule has 0 aliphatic rings. The maximum Gasteiger partial charge on any atom is 0.533 e. The Balaban J connectivity index is 4.13. The van der Waals surface area contributed by atoms with Gasteiger partial charge in [-0.05, 0) is 14.0 Å².